The van der Waals surface area contributed by atoms with E-state index in [1.807, 2.05) is 4.98 Å². The Hall–Kier alpha value is -3.77. The number of nitrogens with zero attached hydrogens (tertiary/aromatic N) is 1. The van der Waals surface area contributed by atoms with Crippen molar-refractivity contribution in [1.82, 2.24) is 9.55 Å². The molecular weight excluding hydrogens is 492 g/mol. The Morgan fingerprint density at radius 2 is 1.86 bits per heavy atom. The average Bonchev–Trinajstić information content (AvgIpc) is 3.15. The number of carbonyl (C=O) groups excluding carboxylic acids is 3. The SMILES string of the molecule is COC(=O)C1=C[C@H](O)[C@H](O)[C@@H](O[C@@H](C(N)=O)[C@H]2O[C@@H](n3ccc(=O)[nH]c3=O)[C@H](OC(N)=O)[C@@H]2OC)O1. The minimum absolute atomic E-state index is 0.522. The van der Waals surface area contributed by atoms with E-state index in [0.717, 1.165) is 37.1 Å². The van der Waals surface area contributed by atoms with E-state index < -0.39 is 84.1 Å². The highest BCUT2D eigenvalue weighted by molar-refractivity contribution is 5.86. The molecule has 36 heavy (non-hydrogen) atoms. The van der Waals surface area contributed by atoms with Gasteiger partial charge in [0.2, 0.25) is 18.0 Å². The minimum Gasteiger partial charge on any atom is -0.463 e. The van der Waals surface area contributed by atoms with Gasteiger partial charge in [-0.05, 0) is 6.08 Å². The second-order valence-electron chi connectivity index (χ2n) is 7.56. The molecule has 7 N–H and O–H groups in total. The van der Waals surface area contributed by atoms with Crippen LogP contribution in [0.4, 0.5) is 4.79 Å². The highest BCUT2D eigenvalue weighted by Crippen LogP contribution is 2.36. The number of primary amides is 2. The summed E-state index contributed by atoms with van der Waals surface area (Å²) < 4.78 is 32.2. The Bertz CT molecular complexity index is 1150. The van der Waals surface area contributed by atoms with Gasteiger partial charge in [0.1, 0.15) is 24.4 Å². The molecule has 0 radical (unpaired) electrons. The first-order chi connectivity index (χ1) is 17.0. The van der Waals surface area contributed by atoms with Crippen LogP contribution in [0.5, 0.6) is 0 Å². The van der Waals surface area contributed by atoms with E-state index in [-0.39, 0.29) is 0 Å². The molecule has 0 aromatic carbocycles. The molecule has 1 fully saturated rings. The van der Waals surface area contributed by atoms with E-state index in [2.05, 4.69) is 4.74 Å². The van der Waals surface area contributed by atoms with Gasteiger partial charge < -0.3 is 50.1 Å². The first kappa shape index (κ1) is 26.8. The molecule has 0 unspecified atom stereocenters. The molecule has 198 valence electrons. The summed E-state index contributed by atoms with van der Waals surface area (Å²) in [4.78, 5) is 61.6. The van der Waals surface area contributed by atoms with E-state index in [1.165, 1.54) is 0 Å². The van der Waals surface area contributed by atoms with Gasteiger partial charge in [0.05, 0.1) is 7.11 Å². The van der Waals surface area contributed by atoms with Crippen molar-refractivity contribution in [1.29, 1.82) is 0 Å². The minimum atomic E-state index is -1.83. The summed E-state index contributed by atoms with van der Waals surface area (Å²) in [7, 11) is 2.20. The fourth-order valence-corrected chi connectivity index (χ4v) is 3.71. The molecule has 1 aromatic heterocycles. The maximum Gasteiger partial charge on any atom is 0.405 e. The van der Waals surface area contributed by atoms with Crippen LogP contribution >= 0.6 is 0 Å². The normalized spacial score (nSPS) is 30.6. The van der Waals surface area contributed by atoms with Crippen molar-refractivity contribution in [2.24, 2.45) is 11.5 Å². The van der Waals surface area contributed by atoms with Gasteiger partial charge in [-0.3, -0.25) is 19.1 Å². The number of carbonyl (C=O) groups is 3. The molecule has 17 nitrogen and oxygen atoms in total. The summed E-state index contributed by atoms with van der Waals surface area (Å²) in [5, 5.41) is 20.3. The summed E-state index contributed by atoms with van der Waals surface area (Å²) in [6.07, 6.45) is -12.3. The highest BCUT2D eigenvalue weighted by atomic mass is 16.7. The highest BCUT2D eigenvalue weighted by Gasteiger charge is 2.54. The van der Waals surface area contributed by atoms with E-state index in [9.17, 15) is 34.2 Å². The molecule has 2 aliphatic heterocycles. The number of hydrogen-bond acceptors (Lipinski definition) is 13. The smallest absolute Gasteiger partial charge is 0.405 e. The lowest BCUT2D eigenvalue weighted by molar-refractivity contribution is -0.242. The second kappa shape index (κ2) is 10.9. The first-order valence-electron chi connectivity index (χ1n) is 10.2. The molecule has 2 aliphatic rings. The number of aliphatic hydroxyl groups excluding tert-OH is 2. The number of methoxy groups -OCH3 is 2. The predicted octanol–water partition coefficient (Wildman–Crippen LogP) is -4.08. The molecular formula is C19H24N4O13. The predicted molar refractivity (Wildman–Crippen MR) is 112 cm³/mol. The number of amides is 2. The fourth-order valence-electron chi connectivity index (χ4n) is 3.71. The molecule has 3 rings (SSSR count). The van der Waals surface area contributed by atoms with Crippen molar-refractivity contribution in [3.8, 4) is 0 Å². The quantitative estimate of drug-likeness (QED) is 0.206. The molecule has 2 amide bonds. The van der Waals surface area contributed by atoms with Crippen LogP contribution in [-0.4, -0.2) is 94.9 Å². The van der Waals surface area contributed by atoms with Crippen molar-refractivity contribution in [2.75, 3.05) is 14.2 Å². The molecule has 0 aliphatic carbocycles. The number of aliphatic hydroxyl groups is 2. The summed E-state index contributed by atoms with van der Waals surface area (Å²) in [6.45, 7) is 0. The Morgan fingerprint density at radius 3 is 2.42 bits per heavy atom. The molecule has 1 aromatic rings. The van der Waals surface area contributed by atoms with Gasteiger partial charge in [-0.15, -0.1) is 0 Å². The molecule has 1 saturated heterocycles. The number of nitrogens with two attached hydrogens (primary N) is 2. The summed E-state index contributed by atoms with van der Waals surface area (Å²) >= 11 is 0. The summed E-state index contributed by atoms with van der Waals surface area (Å²) in [5.41, 5.74) is 8.94. The van der Waals surface area contributed by atoms with Crippen molar-refractivity contribution in [2.45, 2.75) is 49.1 Å². The van der Waals surface area contributed by atoms with Crippen LogP contribution in [-0.2, 0) is 38.0 Å². The number of aromatic amines is 1. The van der Waals surface area contributed by atoms with Gasteiger partial charge in [-0.1, -0.05) is 0 Å². The van der Waals surface area contributed by atoms with E-state index in [4.69, 9.17) is 35.2 Å². The number of esters is 1. The zero-order valence-electron chi connectivity index (χ0n) is 18.8. The summed E-state index contributed by atoms with van der Waals surface area (Å²) in [5.74, 6) is -2.72. The van der Waals surface area contributed by atoms with Crippen LogP contribution in [0, 0.1) is 0 Å². The monoisotopic (exact) mass is 516 g/mol. The van der Waals surface area contributed by atoms with Crippen molar-refractivity contribution in [3.63, 3.8) is 0 Å². The molecule has 8 atom stereocenters. The van der Waals surface area contributed by atoms with Crippen LogP contribution in [0.2, 0.25) is 0 Å². The molecule has 0 saturated carbocycles. The fraction of sp³-hybridized carbons (Fsp3) is 0.526. The molecule has 17 heteroatoms. The third-order valence-corrected chi connectivity index (χ3v) is 5.32. The number of rotatable bonds is 8. The first-order valence-corrected chi connectivity index (χ1v) is 10.2. The molecule has 3 heterocycles. The zero-order chi connectivity index (χ0) is 26.7. The number of ether oxygens (including phenoxy) is 6. The molecule has 0 bridgehead atoms. The van der Waals surface area contributed by atoms with E-state index in [1.54, 1.807) is 0 Å². The van der Waals surface area contributed by atoms with Gasteiger partial charge in [0.25, 0.3) is 5.56 Å². The van der Waals surface area contributed by atoms with Gasteiger partial charge in [0, 0.05) is 19.4 Å². The van der Waals surface area contributed by atoms with Crippen LogP contribution < -0.4 is 22.7 Å². The van der Waals surface area contributed by atoms with Crippen molar-refractivity contribution >= 4 is 18.0 Å². The van der Waals surface area contributed by atoms with Gasteiger partial charge in [0.15, 0.2) is 18.4 Å². The topological polar surface area (TPSA) is 254 Å². The lowest BCUT2D eigenvalue weighted by Crippen LogP contribution is -2.54. The lowest BCUT2D eigenvalue weighted by Gasteiger charge is -2.34. The van der Waals surface area contributed by atoms with Crippen LogP contribution in [0.1, 0.15) is 6.23 Å². The number of nitrogens with one attached hydrogen (secondary N) is 1. The standard InChI is InChI=1S/C19H24N4O13/c1-31-10-11(34-15(13(10)36-18(21)29)23-4-3-8(25)22-19(23)30)12(14(20)27)35-17-9(26)6(24)5-7(33-17)16(28)32-2/h3-6,9-13,15,17,24,26H,1-2H3,(H2,20,27)(H2,21,29)(H,22,25,30)/t6-,9-,10+,11-,12+,13+,15+,17+/m0/s1. The van der Waals surface area contributed by atoms with Crippen LogP contribution in [0.15, 0.2) is 33.7 Å². The Morgan fingerprint density at radius 1 is 1.17 bits per heavy atom. The maximum absolute atomic E-state index is 12.4. The van der Waals surface area contributed by atoms with E-state index in [0.29, 0.717) is 0 Å². The maximum atomic E-state index is 12.4. The number of hydrogen-bond donors (Lipinski definition) is 5. The Labute approximate surface area is 201 Å². The van der Waals surface area contributed by atoms with Gasteiger partial charge in [-0.2, -0.15) is 0 Å². The Kier molecular flexibility index (Phi) is 8.10. The third kappa shape index (κ3) is 5.39. The van der Waals surface area contributed by atoms with Crippen LogP contribution in [0.25, 0.3) is 0 Å². The largest absolute Gasteiger partial charge is 0.463 e. The van der Waals surface area contributed by atoms with Gasteiger partial charge >= 0.3 is 17.8 Å². The third-order valence-electron chi connectivity index (χ3n) is 5.32. The van der Waals surface area contributed by atoms with Crippen LogP contribution in [0.3, 0.4) is 0 Å². The lowest BCUT2D eigenvalue weighted by atomic mass is 10.0. The number of aromatic nitrogens is 2. The van der Waals surface area contributed by atoms with E-state index >= 15 is 0 Å². The number of H-pyrrole nitrogens is 1. The second-order valence-corrected chi connectivity index (χ2v) is 7.56. The Balaban J connectivity index is 1.96. The van der Waals surface area contributed by atoms with Crippen molar-refractivity contribution < 1.29 is 53.0 Å². The zero-order valence-corrected chi connectivity index (χ0v) is 18.8. The molecule has 0 spiro atoms. The summed E-state index contributed by atoms with van der Waals surface area (Å²) in [6, 6.07) is 0.984. The van der Waals surface area contributed by atoms with Crippen molar-refractivity contribution in [3.05, 3.63) is 44.9 Å². The average molecular weight is 516 g/mol. The van der Waals surface area contributed by atoms with Gasteiger partial charge in [-0.25, -0.2) is 14.4 Å².